The summed E-state index contributed by atoms with van der Waals surface area (Å²) in [6, 6.07) is 11.4. The molecule has 11 heteroatoms. The molecule has 5 nitrogen and oxygen atoms in total. The van der Waals surface area contributed by atoms with E-state index in [1.54, 1.807) is 30.3 Å². The number of hydrogen-bond acceptors (Lipinski definition) is 3. The number of amides is 1. The van der Waals surface area contributed by atoms with Gasteiger partial charge in [0.2, 0.25) is 0 Å². The second-order valence-corrected chi connectivity index (χ2v) is 6.45. The second kappa shape index (κ2) is 8.25. The van der Waals surface area contributed by atoms with E-state index in [1.807, 2.05) is 5.32 Å². The number of halogens is 6. The Morgan fingerprint density at radius 3 is 2.00 bits per heavy atom. The third kappa shape index (κ3) is 5.50. The Morgan fingerprint density at radius 1 is 0.871 bits per heavy atom. The molecule has 3 rings (SSSR count). The van der Waals surface area contributed by atoms with Crippen LogP contribution in [0.1, 0.15) is 27.2 Å². The number of benzene rings is 2. The molecule has 1 aromatic heterocycles. The van der Waals surface area contributed by atoms with Crippen LogP contribution in [0.3, 0.4) is 0 Å². The normalized spacial score (nSPS) is 11.9. The molecule has 0 saturated carbocycles. The van der Waals surface area contributed by atoms with E-state index in [0.717, 1.165) is 16.8 Å². The van der Waals surface area contributed by atoms with Crippen molar-refractivity contribution in [3.63, 3.8) is 0 Å². The summed E-state index contributed by atoms with van der Waals surface area (Å²) in [6.45, 7) is 0.0164. The fourth-order valence-corrected chi connectivity index (χ4v) is 2.66. The third-order valence-electron chi connectivity index (χ3n) is 4.12. The van der Waals surface area contributed by atoms with Crippen molar-refractivity contribution >= 4 is 11.6 Å². The first kappa shape index (κ1) is 22.1. The fraction of sp³-hybridized carbons (Fsp3) is 0.150. The monoisotopic (exact) mass is 441 g/mol. The molecular weight excluding hydrogens is 428 g/mol. The van der Waals surface area contributed by atoms with Crippen LogP contribution in [0.2, 0.25) is 0 Å². The van der Waals surface area contributed by atoms with E-state index >= 15 is 0 Å². The molecule has 1 amide bonds. The molecular formula is C20H13F6N3O2. The minimum absolute atomic E-state index is 0.0164. The first-order valence-electron chi connectivity index (χ1n) is 8.66. The van der Waals surface area contributed by atoms with E-state index in [1.165, 1.54) is 0 Å². The highest BCUT2D eigenvalue weighted by Crippen LogP contribution is 2.37. The van der Waals surface area contributed by atoms with Gasteiger partial charge in [-0.1, -0.05) is 30.3 Å². The Morgan fingerprint density at radius 2 is 1.45 bits per heavy atom. The van der Waals surface area contributed by atoms with Gasteiger partial charge in [-0.3, -0.25) is 9.59 Å². The van der Waals surface area contributed by atoms with Crippen molar-refractivity contribution in [1.29, 1.82) is 0 Å². The third-order valence-corrected chi connectivity index (χ3v) is 4.12. The summed E-state index contributed by atoms with van der Waals surface area (Å²) in [5, 5.41) is 5.83. The van der Waals surface area contributed by atoms with Gasteiger partial charge < -0.3 is 5.32 Å². The Labute approximate surface area is 170 Å². The SMILES string of the molecule is O=C(Nc1cc(C(F)(F)F)cc(C(F)(F)F)c1)c1ccc(=O)n(Cc2ccccc2)n1. The van der Waals surface area contributed by atoms with E-state index in [2.05, 4.69) is 5.10 Å². The van der Waals surface area contributed by atoms with Crippen molar-refractivity contribution in [1.82, 2.24) is 9.78 Å². The fourth-order valence-electron chi connectivity index (χ4n) is 2.66. The summed E-state index contributed by atoms with van der Waals surface area (Å²) in [7, 11) is 0. The van der Waals surface area contributed by atoms with Crippen LogP contribution in [0, 0.1) is 0 Å². The number of aromatic nitrogens is 2. The lowest BCUT2D eigenvalue weighted by Crippen LogP contribution is -2.26. The van der Waals surface area contributed by atoms with Crippen LogP contribution in [-0.2, 0) is 18.9 Å². The number of hydrogen-bond donors (Lipinski definition) is 1. The van der Waals surface area contributed by atoms with Gasteiger partial charge in [-0.2, -0.15) is 31.4 Å². The molecule has 2 aromatic carbocycles. The maximum atomic E-state index is 13.0. The minimum Gasteiger partial charge on any atom is -0.321 e. The van der Waals surface area contributed by atoms with Crippen molar-refractivity contribution in [3.05, 3.63) is 93.4 Å². The molecule has 0 bridgehead atoms. The number of anilines is 1. The molecule has 1 N–H and O–H groups in total. The van der Waals surface area contributed by atoms with Crippen LogP contribution >= 0.6 is 0 Å². The molecule has 1 heterocycles. The van der Waals surface area contributed by atoms with E-state index in [4.69, 9.17) is 0 Å². The topological polar surface area (TPSA) is 64.0 Å². The molecule has 0 unspecified atom stereocenters. The van der Waals surface area contributed by atoms with Crippen molar-refractivity contribution in [3.8, 4) is 0 Å². The maximum absolute atomic E-state index is 13.0. The van der Waals surface area contributed by atoms with Gasteiger partial charge in [0.25, 0.3) is 11.5 Å². The standard InChI is InChI=1S/C20H13F6N3O2/c21-19(22,23)13-8-14(20(24,25)26)10-15(9-13)27-18(31)16-6-7-17(30)29(28-16)11-12-4-2-1-3-5-12/h1-10H,11H2,(H,27,31). The number of alkyl halides is 6. The van der Waals surface area contributed by atoms with E-state index in [-0.39, 0.29) is 18.3 Å². The van der Waals surface area contributed by atoms with Gasteiger partial charge >= 0.3 is 12.4 Å². The Kier molecular flexibility index (Phi) is 5.87. The lowest BCUT2D eigenvalue weighted by molar-refractivity contribution is -0.143. The van der Waals surface area contributed by atoms with Gasteiger partial charge in [0.05, 0.1) is 17.7 Å². The van der Waals surface area contributed by atoms with Crippen LogP contribution in [-0.4, -0.2) is 15.7 Å². The number of rotatable bonds is 4. The van der Waals surface area contributed by atoms with E-state index < -0.39 is 40.6 Å². The zero-order chi connectivity index (χ0) is 22.8. The zero-order valence-electron chi connectivity index (χ0n) is 15.5. The summed E-state index contributed by atoms with van der Waals surface area (Å²) < 4.78 is 78.8. The van der Waals surface area contributed by atoms with E-state index in [9.17, 15) is 35.9 Å². The summed E-state index contributed by atoms with van der Waals surface area (Å²) in [4.78, 5) is 24.4. The summed E-state index contributed by atoms with van der Waals surface area (Å²) >= 11 is 0. The molecule has 162 valence electrons. The van der Waals surface area contributed by atoms with Crippen LogP contribution < -0.4 is 10.9 Å². The molecule has 0 aliphatic carbocycles. The Bertz CT molecular complexity index is 1120. The van der Waals surface area contributed by atoms with Crippen molar-refractivity contribution in [2.24, 2.45) is 0 Å². The number of carbonyl (C=O) groups excluding carboxylic acids is 1. The average molecular weight is 441 g/mol. The van der Waals surface area contributed by atoms with E-state index in [0.29, 0.717) is 17.7 Å². The maximum Gasteiger partial charge on any atom is 0.416 e. The van der Waals surface area contributed by atoms with Crippen LogP contribution in [0.15, 0.2) is 65.5 Å². The lowest BCUT2D eigenvalue weighted by atomic mass is 10.1. The van der Waals surface area contributed by atoms with Crippen molar-refractivity contribution in [2.45, 2.75) is 18.9 Å². The number of carbonyl (C=O) groups is 1. The molecule has 0 saturated heterocycles. The molecule has 0 radical (unpaired) electrons. The van der Waals surface area contributed by atoms with Crippen LogP contribution in [0.4, 0.5) is 32.0 Å². The molecule has 0 aliphatic heterocycles. The lowest BCUT2D eigenvalue weighted by Gasteiger charge is -2.15. The average Bonchev–Trinajstić information content (AvgIpc) is 2.69. The summed E-state index contributed by atoms with van der Waals surface area (Å²) in [6.07, 6.45) is -10.1. The predicted octanol–water partition coefficient (Wildman–Crippen LogP) is 4.58. The zero-order valence-corrected chi connectivity index (χ0v) is 15.5. The van der Waals surface area contributed by atoms with Gasteiger partial charge in [-0.05, 0) is 29.8 Å². The van der Waals surface area contributed by atoms with Gasteiger partial charge in [0.1, 0.15) is 5.69 Å². The van der Waals surface area contributed by atoms with Crippen LogP contribution in [0.25, 0.3) is 0 Å². The van der Waals surface area contributed by atoms with Gasteiger partial charge in [0.15, 0.2) is 0 Å². The molecule has 0 atom stereocenters. The summed E-state index contributed by atoms with van der Waals surface area (Å²) in [5.74, 6) is -1.07. The van der Waals surface area contributed by atoms with Gasteiger partial charge in [-0.15, -0.1) is 0 Å². The molecule has 31 heavy (non-hydrogen) atoms. The first-order chi connectivity index (χ1) is 14.4. The largest absolute Gasteiger partial charge is 0.416 e. The Balaban J connectivity index is 1.91. The highest BCUT2D eigenvalue weighted by molar-refractivity contribution is 6.02. The highest BCUT2D eigenvalue weighted by atomic mass is 19.4. The molecule has 0 fully saturated rings. The van der Waals surface area contributed by atoms with Crippen molar-refractivity contribution in [2.75, 3.05) is 5.32 Å². The summed E-state index contributed by atoms with van der Waals surface area (Å²) in [5.41, 5.74) is -4.06. The van der Waals surface area contributed by atoms with Crippen LogP contribution in [0.5, 0.6) is 0 Å². The number of nitrogens with one attached hydrogen (secondary N) is 1. The Hall–Kier alpha value is -3.63. The quantitative estimate of drug-likeness (QED) is 0.603. The molecule has 0 aliphatic rings. The predicted molar refractivity (Wildman–Crippen MR) is 98.4 cm³/mol. The second-order valence-electron chi connectivity index (χ2n) is 6.45. The minimum atomic E-state index is -5.05. The smallest absolute Gasteiger partial charge is 0.321 e. The van der Waals surface area contributed by atoms with Gasteiger partial charge in [0, 0.05) is 11.8 Å². The highest BCUT2D eigenvalue weighted by Gasteiger charge is 2.37. The first-order valence-corrected chi connectivity index (χ1v) is 8.66. The van der Waals surface area contributed by atoms with Gasteiger partial charge in [-0.25, -0.2) is 4.68 Å². The number of nitrogens with zero attached hydrogens (tertiary/aromatic N) is 2. The molecule has 3 aromatic rings. The molecule has 0 spiro atoms. The van der Waals surface area contributed by atoms with Crippen molar-refractivity contribution < 1.29 is 31.1 Å².